The minimum atomic E-state index is 0.598. The summed E-state index contributed by atoms with van der Waals surface area (Å²) in [6, 6.07) is 6.13. The molecule has 5 heteroatoms. The molecule has 1 aliphatic rings. The molecule has 1 aliphatic heterocycles. The zero-order valence-electron chi connectivity index (χ0n) is 12.9. The molecule has 118 valence electrons. The summed E-state index contributed by atoms with van der Waals surface area (Å²) in [6.07, 6.45) is 1.16. The Kier molecular flexibility index (Phi) is 6.77. The van der Waals surface area contributed by atoms with E-state index in [0.717, 1.165) is 50.8 Å². The van der Waals surface area contributed by atoms with Crippen molar-refractivity contribution in [2.24, 2.45) is 5.92 Å². The summed E-state index contributed by atoms with van der Waals surface area (Å²) in [4.78, 5) is 2.39. The molecule has 1 aromatic rings. The SMILES string of the molecule is COCCNCc1cccc(Cl)c1N1CCC(COC)C1. The number of nitrogens with one attached hydrogen (secondary N) is 1. The number of para-hydroxylation sites is 1. The van der Waals surface area contributed by atoms with Crippen LogP contribution in [0.25, 0.3) is 0 Å². The van der Waals surface area contributed by atoms with Crippen LogP contribution in [0.3, 0.4) is 0 Å². The van der Waals surface area contributed by atoms with Crippen LogP contribution in [-0.2, 0) is 16.0 Å². The molecule has 1 saturated heterocycles. The fourth-order valence-corrected chi connectivity index (χ4v) is 3.18. The number of halogens is 1. The van der Waals surface area contributed by atoms with Crippen LogP contribution in [-0.4, -0.2) is 47.1 Å². The van der Waals surface area contributed by atoms with Crippen molar-refractivity contribution in [1.82, 2.24) is 5.32 Å². The van der Waals surface area contributed by atoms with Crippen LogP contribution in [0.4, 0.5) is 5.69 Å². The smallest absolute Gasteiger partial charge is 0.0642 e. The first kappa shape index (κ1) is 16.6. The first-order valence-electron chi connectivity index (χ1n) is 7.47. The van der Waals surface area contributed by atoms with Gasteiger partial charge in [-0.25, -0.2) is 0 Å². The zero-order chi connectivity index (χ0) is 15.1. The van der Waals surface area contributed by atoms with Gasteiger partial charge in [-0.2, -0.15) is 0 Å². The standard InChI is InChI=1S/C16H25ClN2O2/c1-20-9-7-18-10-14-4-3-5-15(17)16(14)19-8-6-13(11-19)12-21-2/h3-5,13,18H,6-12H2,1-2H3. The second kappa shape index (κ2) is 8.59. The molecule has 1 heterocycles. The Balaban J connectivity index is 2.04. The summed E-state index contributed by atoms with van der Waals surface area (Å²) in [5, 5.41) is 4.23. The second-order valence-corrected chi connectivity index (χ2v) is 5.88. The van der Waals surface area contributed by atoms with E-state index in [1.54, 1.807) is 14.2 Å². The third-order valence-electron chi connectivity index (χ3n) is 3.87. The number of benzene rings is 1. The van der Waals surface area contributed by atoms with E-state index < -0.39 is 0 Å². The Morgan fingerprint density at radius 3 is 2.95 bits per heavy atom. The van der Waals surface area contributed by atoms with Crippen molar-refractivity contribution < 1.29 is 9.47 Å². The quantitative estimate of drug-likeness (QED) is 0.748. The number of anilines is 1. The van der Waals surface area contributed by atoms with Crippen molar-refractivity contribution >= 4 is 17.3 Å². The number of ether oxygens (including phenoxy) is 2. The molecule has 0 spiro atoms. The highest BCUT2D eigenvalue weighted by Crippen LogP contribution is 2.33. The molecule has 0 aliphatic carbocycles. The minimum Gasteiger partial charge on any atom is -0.384 e. The van der Waals surface area contributed by atoms with E-state index in [-0.39, 0.29) is 0 Å². The Morgan fingerprint density at radius 1 is 1.33 bits per heavy atom. The van der Waals surface area contributed by atoms with E-state index in [9.17, 15) is 0 Å². The minimum absolute atomic E-state index is 0.598. The van der Waals surface area contributed by atoms with Crippen molar-refractivity contribution in [1.29, 1.82) is 0 Å². The van der Waals surface area contributed by atoms with Gasteiger partial charge in [0.15, 0.2) is 0 Å². The predicted octanol–water partition coefficient (Wildman–Crippen LogP) is 2.55. The predicted molar refractivity (Wildman–Crippen MR) is 87.2 cm³/mol. The molecule has 0 aromatic heterocycles. The number of hydrogen-bond acceptors (Lipinski definition) is 4. The van der Waals surface area contributed by atoms with Crippen molar-refractivity contribution in [3.8, 4) is 0 Å². The Morgan fingerprint density at radius 2 is 2.19 bits per heavy atom. The molecule has 1 N–H and O–H groups in total. The maximum Gasteiger partial charge on any atom is 0.0642 e. The van der Waals surface area contributed by atoms with Gasteiger partial charge in [0.25, 0.3) is 0 Å². The lowest BCUT2D eigenvalue weighted by molar-refractivity contribution is 0.161. The molecule has 0 amide bonds. The number of nitrogens with zero attached hydrogens (tertiary/aromatic N) is 1. The van der Waals surface area contributed by atoms with Gasteiger partial charge >= 0.3 is 0 Å². The van der Waals surface area contributed by atoms with Gasteiger partial charge < -0.3 is 19.7 Å². The average Bonchev–Trinajstić information content (AvgIpc) is 2.92. The monoisotopic (exact) mass is 312 g/mol. The van der Waals surface area contributed by atoms with E-state index in [0.29, 0.717) is 5.92 Å². The van der Waals surface area contributed by atoms with Crippen molar-refractivity contribution in [2.45, 2.75) is 13.0 Å². The molecular weight excluding hydrogens is 288 g/mol. The highest BCUT2D eigenvalue weighted by Gasteiger charge is 2.25. The van der Waals surface area contributed by atoms with Crippen LogP contribution >= 0.6 is 11.6 Å². The van der Waals surface area contributed by atoms with Crippen LogP contribution in [0.2, 0.25) is 5.02 Å². The fourth-order valence-electron chi connectivity index (χ4n) is 2.86. The first-order chi connectivity index (χ1) is 10.3. The van der Waals surface area contributed by atoms with Crippen LogP contribution in [0, 0.1) is 5.92 Å². The number of rotatable bonds is 8. The van der Waals surface area contributed by atoms with Gasteiger partial charge in [-0.15, -0.1) is 0 Å². The lowest BCUT2D eigenvalue weighted by Gasteiger charge is -2.24. The summed E-state index contributed by atoms with van der Waals surface area (Å²) >= 11 is 6.45. The molecule has 1 aromatic carbocycles. The summed E-state index contributed by atoms with van der Waals surface area (Å²) in [5.74, 6) is 0.598. The normalized spacial score (nSPS) is 18.4. The summed E-state index contributed by atoms with van der Waals surface area (Å²) in [6.45, 7) is 5.25. The maximum atomic E-state index is 6.45. The molecule has 1 atom stereocenters. The first-order valence-corrected chi connectivity index (χ1v) is 7.85. The molecule has 0 radical (unpaired) electrons. The maximum absolute atomic E-state index is 6.45. The third kappa shape index (κ3) is 4.58. The van der Waals surface area contributed by atoms with Crippen molar-refractivity contribution in [3.63, 3.8) is 0 Å². The lowest BCUT2D eigenvalue weighted by Crippen LogP contribution is -2.25. The molecule has 0 saturated carbocycles. The summed E-state index contributed by atoms with van der Waals surface area (Å²) in [5.41, 5.74) is 2.42. The molecule has 0 bridgehead atoms. The molecular formula is C16H25ClN2O2. The molecule has 1 fully saturated rings. The van der Waals surface area contributed by atoms with Crippen LogP contribution < -0.4 is 10.2 Å². The van der Waals surface area contributed by atoms with Gasteiger partial charge in [-0.3, -0.25) is 0 Å². The third-order valence-corrected chi connectivity index (χ3v) is 4.18. The Bertz CT molecular complexity index is 442. The van der Waals surface area contributed by atoms with Gasteiger partial charge in [0.2, 0.25) is 0 Å². The summed E-state index contributed by atoms with van der Waals surface area (Å²) in [7, 11) is 3.48. The molecule has 2 rings (SSSR count). The van der Waals surface area contributed by atoms with Gasteiger partial charge in [-0.1, -0.05) is 23.7 Å². The van der Waals surface area contributed by atoms with Gasteiger partial charge in [0.1, 0.15) is 0 Å². The fraction of sp³-hybridized carbons (Fsp3) is 0.625. The number of hydrogen-bond donors (Lipinski definition) is 1. The van der Waals surface area contributed by atoms with Gasteiger partial charge in [0.05, 0.1) is 23.9 Å². The van der Waals surface area contributed by atoms with Crippen molar-refractivity contribution in [2.75, 3.05) is 52.0 Å². The molecule has 4 nitrogen and oxygen atoms in total. The average molecular weight is 313 g/mol. The van der Waals surface area contributed by atoms with Crippen LogP contribution in [0.5, 0.6) is 0 Å². The van der Waals surface area contributed by atoms with Gasteiger partial charge in [0, 0.05) is 46.3 Å². The Hall–Kier alpha value is -0.810. The molecule has 1 unspecified atom stereocenters. The van der Waals surface area contributed by atoms with E-state index in [1.807, 2.05) is 12.1 Å². The van der Waals surface area contributed by atoms with Gasteiger partial charge in [-0.05, 0) is 18.1 Å². The summed E-state index contributed by atoms with van der Waals surface area (Å²) < 4.78 is 10.3. The lowest BCUT2D eigenvalue weighted by atomic mass is 10.1. The van der Waals surface area contributed by atoms with E-state index >= 15 is 0 Å². The second-order valence-electron chi connectivity index (χ2n) is 5.47. The Labute approximate surface area is 132 Å². The zero-order valence-corrected chi connectivity index (χ0v) is 13.7. The number of methoxy groups -OCH3 is 2. The van der Waals surface area contributed by atoms with E-state index in [1.165, 1.54) is 11.3 Å². The highest BCUT2D eigenvalue weighted by molar-refractivity contribution is 6.33. The van der Waals surface area contributed by atoms with E-state index in [4.69, 9.17) is 21.1 Å². The van der Waals surface area contributed by atoms with Crippen molar-refractivity contribution in [3.05, 3.63) is 28.8 Å². The van der Waals surface area contributed by atoms with E-state index in [2.05, 4.69) is 16.3 Å². The topological polar surface area (TPSA) is 33.7 Å². The molecule has 21 heavy (non-hydrogen) atoms. The van der Waals surface area contributed by atoms with Crippen LogP contribution in [0.15, 0.2) is 18.2 Å². The highest BCUT2D eigenvalue weighted by atomic mass is 35.5. The largest absolute Gasteiger partial charge is 0.384 e. The van der Waals surface area contributed by atoms with Crippen LogP contribution in [0.1, 0.15) is 12.0 Å².